The molecule has 7 nitrogen and oxygen atoms in total. The largest absolute Gasteiger partial charge is 0.394 e. The molecule has 0 spiro atoms. The number of amides is 1. The van der Waals surface area contributed by atoms with Crippen molar-refractivity contribution in [2.45, 2.75) is 24.4 Å². The van der Waals surface area contributed by atoms with E-state index in [4.69, 9.17) is 5.73 Å². The Morgan fingerprint density at radius 3 is 2.65 bits per heavy atom. The molecule has 4 atom stereocenters. The molecule has 9 heteroatoms. The predicted molar refractivity (Wildman–Crippen MR) is 105 cm³/mol. The third-order valence-electron chi connectivity index (χ3n) is 5.18. The van der Waals surface area contributed by atoms with Crippen LogP contribution in [0.25, 0.3) is 0 Å². The van der Waals surface area contributed by atoms with Crippen LogP contribution in [0.2, 0.25) is 0 Å². The lowest BCUT2D eigenvalue weighted by molar-refractivity contribution is -0.136. The molecule has 26 heavy (non-hydrogen) atoms. The molecule has 0 unspecified atom stereocenters. The Bertz CT molecular complexity index is 682. The quantitative estimate of drug-likeness (QED) is 0.737. The SMILES string of the molecule is CN(C)C[C@H]1[C@H]2C[C@H](CN(C(=O)[C@@H](N)CO)C2)c2cccc(=O)n21.Cl.Cl. The van der Waals surface area contributed by atoms with Crippen LogP contribution >= 0.6 is 24.8 Å². The highest BCUT2D eigenvalue weighted by Crippen LogP contribution is 2.41. The van der Waals surface area contributed by atoms with Gasteiger partial charge in [-0.3, -0.25) is 9.59 Å². The molecule has 2 aliphatic rings. The van der Waals surface area contributed by atoms with Gasteiger partial charge >= 0.3 is 0 Å². The summed E-state index contributed by atoms with van der Waals surface area (Å²) in [4.78, 5) is 28.7. The Morgan fingerprint density at radius 2 is 2.04 bits per heavy atom. The molecule has 0 aromatic carbocycles. The van der Waals surface area contributed by atoms with Crippen LogP contribution in [0.15, 0.2) is 23.0 Å². The maximum atomic E-state index is 12.5. The third kappa shape index (κ3) is 4.23. The molecule has 1 aromatic rings. The third-order valence-corrected chi connectivity index (χ3v) is 5.18. The smallest absolute Gasteiger partial charge is 0.251 e. The maximum absolute atomic E-state index is 12.5. The lowest BCUT2D eigenvalue weighted by Gasteiger charge is -2.47. The van der Waals surface area contributed by atoms with Crippen LogP contribution in [-0.2, 0) is 4.79 Å². The van der Waals surface area contributed by atoms with Crippen molar-refractivity contribution in [2.75, 3.05) is 40.3 Å². The van der Waals surface area contributed by atoms with E-state index in [9.17, 15) is 14.7 Å². The van der Waals surface area contributed by atoms with E-state index in [2.05, 4.69) is 4.90 Å². The van der Waals surface area contributed by atoms with Gasteiger partial charge in [-0.05, 0) is 32.5 Å². The number of carbonyl (C=O) groups is 1. The van der Waals surface area contributed by atoms with Crippen LogP contribution < -0.4 is 11.3 Å². The Balaban J connectivity index is 0.00000169. The molecular formula is C17H28Cl2N4O3. The molecule has 1 fully saturated rings. The fraction of sp³-hybridized carbons (Fsp3) is 0.647. The molecule has 148 valence electrons. The number of hydrogen-bond donors (Lipinski definition) is 2. The number of aliphatic hydroxyl groups excluding tert-OH is 1. The van der Waals surface area contributed by atoms with Crippen LogP contribution in [0.5, 0.6) is 0 Å². The van der Waals surface area contributed by atoms with Gasteiger partial charge in [-0.15, -0.1) is 24.8 Å². The van der Waals surface area contributed by atoms with Gasteiger partial charge in [-0.1, -0.05) is 6.07 Å². The Labute approximate surface area is 166 Å². The van der Waals surface area contributed by atoms with Crippen molar-refractivity contribution in [2.24, 2.45) is 11.7 Å². The van der Waals surface area contributed by atoms with Gasteiger partial charge in [0.1, 0.15) is 6.04 Å². The fourth-order valence-corrected chi connectivity index (χ4v) is 4.14. The summed E-state index contributed by atoms with van der Waals surface area (Å²) in [6.45, 7) is 1.55. The first kappa shape index (κ1) is 22.9. The number of hydrogen-bond acceptors (Lipinski definition) is 5. The molecule has 2 aliphatic heterocycles. The molecular weight excluding hydrogens is 379 g/mol. The zero-order chi connectivity index (χ0) is 17.4. The number of nitrogens with zero attached hydrogens (tertiary/aromatic N) is 3. The standard InChI is InChI=1S/C17H26N4O3.2ClH/c1-19(2)9-15-12-6-11(14-4-3-5-16(23)21(14)15)7-20(8-12)17(24)13(18)10-22;;/h3-5,11-13,15,22H,6-10,18H2,1-2H3;2*1H/t11-,12+,13+,15+;;/m1../s1. The van der Waals surface area contributed by atoms with Crippen LogP contribution in [0.4, 0.5) is 0 Å². The van der Waals surface area contributed by atoms with Gasteiger partial charge in [0, 0.05) is 37.3 Å². The number of likely N-dealkylation sites (N-methyl/N-ethyl adjacent to an activating group) is 1. The number of pyridine rings is 1. The van der Waals surface area contributed by atoms with Gasteiger partial charge < -0.3 is 25.2 Å². The average molecular weight is 407 g/mol. The second kappa shape index (κ2) is 9.19. The van der Waals surface area contributed by atoms with Crippen molar-refractivity contribution in [3.63, 3.8) is 0 Å². The summed E-state index contributed by atoms with van der Waals surface area (Å²) in [5.41, 5.74) is 6.76. The number of aromatic nitrogens is 1. The van der Waals surface area contributed by atoms with E-state index in [0.29, 0.717) is 13.1 Å². The van der Waals surface area contributed by atoms with Gasteiger partial charge in [0.25, 0.3) is 5.56 Å². The normalized spacial score (nSPS) is 25.0. The molecule has 1 saturated heterocycles. The summed E-state index contributed by atoms with van der Waals surface area (Å²) in [6.07, 6.45) is 0.972. The summed E-state index contributed by atoms with van der Waals surface area (Å²) < 4.78 is 1.92. The zero-order valence-electron chi connectivity index (χ0n) is 15.1. The minimum atomic E-state index is -0.867. The highest BCUT2D eigenvalue weighted by molar-refractivity contribution is 5.85. The fourth-order valence-electron chi connectivity index (χ4n) is 4.14. The Hall–Kier alpha value is -1.12. The van der Waals surface area contributed by atoms with Gasteiger partial charge in [-0.25, -0.2) is 0 Å². The van der Waals surface area contributed by atoms with Crippen LogP contribution in [0, 0.1) is 5.92 Å². The molecule has 1 amide bonds. The minimum absolute atomic E-state index is 0. The summed E-state index contributed by atoms with van der Waals surface area (Å²) in [5, 5.41) is 9.18. The van der Waals surface area contributed by atoms with Crippen molar-refractivity contribution < 1.29 is 9.90 Å². The average Bonchev–Trinajstić information content (AvgIpc) is 2.57. The predicted octanol–water partition coefficient (Wildman–Crippen LogP) is 0.0599. The number of piperidine rings is 1. The van der Waals surface area contributed by atoms with Gasteiger partial charge in [0.15, 0.2) is 0 Å². The van der Waals surface area contributed by atoms with E-state index in [-0.39, 0.29) is 60.8 Å². The molecule has 2 bridgehead atoms. The Morgan fingerprint density at radius 1 is 1.35 bits per heavy atom. The molecule has 3 N–H and O–H groups in total. The summed E-state index contributed by atoms with van der Waals surface area (Å²) in [6, 6.07) is 4.57. The number of fused-ring (bicyclic) bond motifs is 4. The number of halogens is 2. The molecule has 3 rings (SSSR count). The van der Waals surface area contributed by atoms with E-state index in [1.54, 1.807) is 17.0 Å². The van der Waals surface area contributed by atoms with E-state index in [1.165, 1.54) is 0 Å². The van der Waals surface area contributed by atoms with Crippen molar-refractivity contribution in [1.82, 2.24) is 14.4 Å². The first-order valence-electron chi connectivity index (χ1n) is 8.43. The number of likely N-dealkylation sites (tertiary alicyclic amines) is 1. The van der Waals surface area contributed by atoms with E-state index < -0.39 is 6.04 Å². The van der Waals surface area contributed by atoms with Crippen molar-refractivity contribution in [1.29, 1.82) is 0 Å². The van der Waals surface area contributed by atoms with Gasteiger partial charge in [0.05, 0.1) is 12.6 Å². The second-order valence-corrected chi connectivity index (χ2v) is 7.21. The minimum Gasteiger partial charge on any atom is -0.394 e. The van der Waals surface area contributed by atoms with Crippen molar-refractivity contribution in [3.8, 4) is 0 Å². The van der Waals surface area contributed by atoms with Gasteiger partial charge in [0.2, 0.25) is 5.91 Å². The van der Waals surface area contributed by atoms with E-state index in [1.807, 2.05) is 24.7 Å². The monoisotopic (exact) mass is 406 g/mol. The molecule has 0 aliphatic carbocycles. The second-order valence-electron chi connectivity index (χ2n) is 7.21. The Kier molecular flexibility index (Phi) is 8.10. The van der Waals surface area contributed by atoms with Crippen molar-refractivity contribution in [3.05, 3.63) is 34.2 Å². The van der Waals surface area contributed by atoms with Gasteiger partial charge in [-0.2, -0.15) is 0 Å². The highest BCUT2D eigenvalue weighted by atomic mass is 35.5. The molecule has 3 heterocycles. The lowest BCUT2D eigenvalue weighted by Crippen LogP contribution is -2.56. The summed E-state index contributed by atoms with van der Waals surface area (Å²) in [5.74, 6) is 0.155. The number of rotatable bonds is 4. The lowest BCUT2D eigenvalue weighted by atomic mass is 9.78. The summed E-state index contributed by atoms with van der Waals surface area (Å²) >= 11 is 0. The van der Waals surface area contributed by atoms with E-state index in [0.717, 1.165) is 18.7 Å². The highest BCUT2D eigenvalue weighted by Gasteiger charge is 2.42. The van der Waals surface area contributed by atoms with Crippen LogP contribution in [0.3, 0.4) is 0 Å². The maximum Gasteiger partial charge on any atom is 0.251 e. The van der Waals surface area contributed by atoms with Crippen LogP contribution in [0.1, 0.15) is 24.1 Å². The van der Waals surface area contributed by atoms with Crippen LogP contribution in [-0.4, -0.2) is 71.8 Å². The van der Waals surface area contributed by atoms with Crippen molar-refractivity contribution >= 4 is 30.7 Å². The summed E-state index contributed by atoms with van der Waals surface area (Å²) in [7, 11) is 3.99. The zero-order valence-corrected chi connectivity index (χ0v) is 16.7. The van der Waals surface area contributed by atoms with E-state index >= 15 is 0 Å². The first-order chi connectivity index (χ1) is 11.4. The number of nitrogens with two attached hydrogens (primary N) is 1. The topological polar surface area (TPSA) is 91.8 Å². The molecule has 1 aromatic heterocycles. The number of carbonyl (C=O) groups excluding carboxylic acids is 1. The molecule has 0 saturated carbocycles. The molecule has 0 radical (unpaired) electrons. The number of aliphatic hydroxyl groups is 1. The first-order valence-corrected chi connectivity index (χ1v) is 8.43.